The largest absolute Gasteiger partial charge is 0.502 e. The molecule has 100 valence electrons. The van der Waals surface area contributed by atoms with Crippen molar-refractivity contribution in [2.75, 3.05) is 0 Å². The van der Waals surface area contributed by atoms with E-state index in [1.807, 2.05) is 6.92 Å². The minimum absolute atomic E-state index is 0. The summed E-state index contributed by atoms with van der Waals surface area (Å²) in [4.78, 5) is 19.8. The van der Waals surface area contributed by atoms with Crippen molar-refractivity contribution in [1.29, 1.82) is 0 Å². The van der Waals surface area contributed by atoms with Gasteiger partial charge >= 0.3 is 11.4 Å². The Kier molecular flexibility index (Phi) is 5.70. The number of nitro groups is 2. The van der Waals surface area contributed by atoms with Gasteiger partial charge in [0, 0.05) is 5.56 Å². The van der Waals surface area contributed by atoms with Gasteiger partial charge in [0.25, 0.3) is 0 Å². The average molecular weight is 257 g/mol. The molecule has 8 heteroatoms. The standard InChI is InChI=1S/C10H12N2O5.H3N/c1-2-3-4-7-5-6-8(13)10(12(16)17)9(7)11(14)15;/h5-6,13H,2-4H2,1H3;1H3. The van der Waals surface area contributed by atoms with Crippen LogP contribution < -0.4 is 6.15 Å². The van der Waals surface area contributed by atoms with Crippen molar-refractivity contribution in [3.8, 4) is 5.75 Å². The highest BCUT2D eigenvalue weighted by atomic mass is 16.6. The highest BCUT2D eigenvalue weighted by Gasteiger charge is 2.32. The van der Waals surface area contributed by atoms with Crippen molar-refractivity contribution in [2.45, 2.75) is 26.2 Å². The molecule has 0 aromatic heterocycles. The molecule has 0 saturated carbocycles. The summed E-state index contributed by atoms with van der Waals surface area (Å²) in [5.74, 6) is -0.679. The van der Waals surface area contributed by atoms with Crippen molar-refractivity contribution in [3.05, 3.63) is 37.9 Å². The second kappa shape index (κ2) is 6.50. The van der Waals surface area contributed by atoms with Gasteiger partial charge in [-0.1, -0.05) is 13.3 Å². The predicted molar refractivity (Wildman–Crippen MR) is 65.0 cm³/mol. The Labute approximate surface area is 103 Å². The van der Waals surface area contributed by atoms with Crippen molar-refractivity contribution < 1.29 is 15.0 Å². The molecule has 0 aliphatic carbocycles. The van der Waals surface area contributed by atoms with Crippen LogP contribution in [0.4, 0.5) is 11.4 Å². The van der Waals surface area contributed by atoms with Gasteiger partial charge in [-0.3, -0.25) is 20.2 Å². The third kappa shape index (κ3) is 3.14. The molecule has 0 bridgehead atoms. The number of hydrogen-bond donors (Lipinski definition) is 2. The fourth-order valence-corrected chi connectivity index (χ4v) is 1.56. The monoisotopic (exact) mass is 257 g/mol. The maximum atomic E-state index is 10.9. The van der Waals surface area contributed by atoms with Crippen molar-refractivity contribution in [3.63, 3.8) is 0 Å². The van der Waals surface area contributed by atoms with E-state index in [0.29, 0.717) is 12.8 Å². The first-order valence-corrected chi connectivity index (χ1v) is 5.12. The van der Waals surface area contributed by atoms with Gasteiger partial charge in [0.1, 0.15) is 0 Å². The van der Waals surface area contributed by atoms with Crippen molar-refractivity contribution in [2.24, 2.45) is 0 Å². The molecule has 0 spiro atoms. The molecule has 1 rings (SSSR count). The molecule has 4 N–H and O–H groups in total. The molecule has 1 aromatic rings. The normalized spacial score (nSPS) is 9.61. The molecule has 0 fully saturated rings. The molecule has 0 heterocycles. The van der Waals surface area contributed by atoms with E-state index in [1.165, 1.54) is 6.07 Å². The van der Waals surface area contributed by atoms with Gasteiger partial charge in [-0.2, -0.15) is 0 Å². The molecule has 18 heavy (non-hydrogen) atoms. The Hall–Kier alpha value is -2.22. The van der Waals surface area contributed by atoms with Crippen LogP contribution in [0.1, 0.15) is 25.3 Å². The van der Waals surface area contributed by atoms with Gasteiger partial charge in [-0.05, 0) is 25.0 Å². The van der Waals surface area contributed by atoms with Crippen LogP contribution in [-0.4, -0.2) is 15.0 Å². The Morgan fingerprint density at radius 3 is 2.17 bits per heavy atom. The van der Waals surface area contributed by atoms with Crippen LogP contribution in [0.15, 0.2) is 12.1 Å². The number of phenolic OH excluding ortho intramolecular Hbond substituents is 1. The fourth-order valence-electron chi connectivity index (χ4n) is 1.56. The zero-order valence-corrected chi connectivity index (χ0v) is 9.96. The van der Waals surface area contributed by atoms with Crippen LogP contribution in [0, 0.1) is 20.2 Å². The maximum absolute atomic E-state index is 10.9. The summed E-state index contributed by atoms with van der Waals surface area (Å²) < 4.78 is 0. The van der Waals surface area contributed by atoms with E-state index in [0.717, 1.165) is 12.5 Å². The van der Waals surface area contributed by atoms with Crippen molar-refractivity contribution in [1.82, 2.24) is 6.15 Å². The second-order valence-electron chi connectivity index (χ2n) is 3.56. The van der Waals surface area contributed by atoms with E-state index in [2.05, 4.69) is 0 Å². The molecular weight excluding hydrogens is 242 g/mol. The first-order chi connectivity index (χ1) is 7.99. The minimum Gasteiger partial charge on any atom is -0.502 e. The van der Waals surface area contributed by atoms with E-state index in [-0.39, 0.29) is 11.7 Å². The molecule has 0 radical (unpaired) electrons. The second-order valence-corrected chi connectivity index (χ2v) is 3.56. The number of aryl methyl sites for hydroxylation is 1. The molecule has 0 aliphatic rings. The molecule has 8 nitrogen and oxygen atoms in total. The quantitative estimate of drug-likeness (QED) is 0.613. The zero-order chi connectivity index (χ0) is 13.0. The van der Waals surface area contributed by atoms with E-state index < -0.39 is 27.0 Å². The summed E-state index contributed by atoms with van der Waals surface area (Å²) >= 11 is 0. The highest BCUT2D eigenvalue weighted by molar-refractivity contribution is 5.65. The lowest BCUT2D eigenvalue weighted by atomic mass is 10.0. The third-order valence-corrected chi connectivity index (χ3v) is 2.38. The van der Waals surface area contributed by atoms with Crippen LogP contribution in [0.25, 0.3) is 0 Å². The Morgan fingerprint density at radius 2 is 1.72 bits per heavy atom. The Bertz CT molecular complexity index is 461. The first-order valence-electron chi connectivity index (χ1n) is 5.12. The summed E-state index contributed by atoms with van der Waals surface area (Å²) in [5.41, 5.74) is -1.16. The summed E-state index contributed by atoms with van der Waals surface area (Å²) in [6.07, 6.45) is 1.91. The van der Waals surface area contributed by atoms with Gasteiger partial charge in [0.15, 0.2) is 0 Å². The number of rotatable bonds is 5. The number of unbranched alkanes of at least 4 members (excludes halogenated alkanes) is 1. The number of hydrogen-bond acceptors (Lipinski definition) is 6. The lowest BCUT2D eigenvalue weighted by Crippen LogP contribution is -2.01. The molecule has 1 aromatic carbocycles. The van der Waals surface area contributed by atoms with Gasteiger partial charge in [-0.25, -0.2) is 0 Å². The lowest BCUT2D eigenvalue weighted by molar-refractivity contribution is -0.423. The van der Waals surface area contributed by atoms with Crippen LogP contribution >= 0.6 is 0 Å². The van der Waals surface area contributed by atoms with Gasteiger partial charge in [0.05, 0.1) is 9.85 Å². The number of nitrogens with zero attached hydrogens (tertiary/aromatic N) is 2. The van der Waals surface area contributed by atoms with Crippen LogP contribution in [0.5, 0.6) is 5.75 Å². The summed E-state index contributed by atoms with van der Waals surface area (Å²) in [5, 5.41) is 30.9. The van der Waals surface area contributed by atoms with E-state index in [9.17, 15) is 25.3 Å². The number of benzene rings is 1. The summed E-state index contributed by atoms with van der Waals surface area (Å²) in [6.45, 7) is 1.92. The van der Waals surface area contributed by atoms with E-state index in [4.69, 9.17) is 0 Å². The number of phenols is 1. The molecule has 0 aliphatic heterocycles. The van der Waals surface area contributed by atoms with Crippen LogP contribution in [0.3, 0.4) is 0 Å². The highest BCUT2D eigenvalue weighted by Crippen LogP contribution is 2.38. The zero-order valence-electron chi connectivity index (χ0n) is 9.96. The maximum Gasteiger partial charge on any atom is 0.387 e. The third-order valence-electron chi connectivity index (χ3n) is 2.38. The molecule has 0 atom stereocenters. The molecular formula is C10H15N3O5. The van der Waals surface area contributed by atoms with Gasteiger partial charge < -0.3 is 11.3 Å². The fraction of sp³-hybridized carbons (Fsp3) is 0.400. The molecule has 0 saturated heterocycles. The topological polar surface area (TPSA) is 142 Å². The van der Waals surface area contributed by atoms with Crippen LogP contribution in [-0.2, 0) is 6.42 Å². The Morgan fingerprint density at radius 1 is 1.17 bits per heavy atom. The van der Waals surface area contributed by atoms with Gasteiger partial charge in [-0.15, -0.1) is 0 Å². The summed E-state index contributed by atoms with van der Waals surface area (Å²) in [7, 11) is 0. The average Bonchev–Trinajstić information content (AvgIpc) is 2.26. The smallest absolute Gasteiger partial charge is 0.387 e. The van der Waals surface area contributed by atoms with E-state index >= 15 is 0 Å². The summed E-state index contributed by atoms with van der Waals surface area (Å²) in [6, 6.07) is 2.48. The number of aromatic hydroxyl groups is 1. The molecule has 0 amide bonds. The predicted octanol–water partition coefficient (Wildman–Crippen LogP) is 2.71. The number of nitro benzene ring substituents is 2. The van der Waals surface area contributed by atoms with E-state index in [1.54, 1.807) is 0 Å². The Balaban J connectivity index is 0.00000289. The lowest BCUT2D eigenvalue weighted by Gasteiger charge is -2.03. The van der Waals surface area contributed by atoms with Gasteiger partial charge in [0.2, 0.25) is 5.75 Å². The minimum atomic E-state index is -0.928. The van der Waals surface area contributed by atoms with Crippen molar-refractivity contribution >= 4 is 11.4 Å². The SMILES string of the molecule is CCCCc1ccc(O)c([N+](=O)[O-])c1[N+](=O)[O-].N. The molecule has 0 unspecified atom stereocenters. The van der Waals surface area contributed by atoms with Crippen LogP contribution in [0.2, 0.25) is 0 Å². The first kappa shape index (κ1) is 15.8.